The van der Waals surface area contributed by atoms with Gasteiger partial charge in [0.1, 0.15) is 0 Å². The molecule has 0 saturated carbocycles. The Morgan fingerprint density at radius 2 is 1.61 bits per heavy atom. The molecule has 1 amide bonds. The van der Waals surface area contributed by atoms with Crippen LogP contribution in [0, 0.1) is 0 Å². The van der Waals surface area contributed by atoms with E-state index in [1.54, 1.807) is 12.1 Å². The number of nitrogens with one attached hydrogen (secondary N) is 2. The zero-order chi connectivity index (χ0) is 19.9. The molecule has 0 atom stereocenters. The molecule has 2 aromatic carbocycles. The fraction of sp³-hybridized carbons (Fsp3) is 0.318. The van der Waals surface area contributed by atoms with E-state index in [9.17, 15) is 9.90 Å². The SMILES string of the molecule is CC1=C(C)Nc2cc(C(=O)N3CCC(O)(c4ccc(Cl)cc4)CC3)ccc2N1. The van der Waals surface area contributed by atoms with Gasteiger partial charge in [0.15, 0.2) is 0 Å². The van der Waals surface area contributed by atoms with Gasteiger partial charge in [-0.2, -0.15) is 0 Å². The Morgan fingerprint density at radius 1 is 1.00 bits per heavy atom. The highest BCUT2D eigenvalue weighted by molar-refractivity contribution is 6.30. The Bertz CT molecular complexity index is 945. The topological polar surface area (TPSA) is 64.6 Å². The molecule has 6 heteroatoms. The molecule has 0 radical (unpaired) electrons. The van der Waals surface area contributed by atoms with Crippen LogP contribution in [-0.4, -0.2) is 29.0 Å². The number of hydrogen-bond donors (Lipinski definition) is 3. The van der Waals surface area contributed by atoms with E-state index >= 15 is 0 Å². The first-order valence-electron chi connectivity index (χ1n) is 9.49. The van der Waals surface area contributed by atoms with Crippen molar-refractivity contribution < 1.29 is 9.90 Å². The van der Waals surface area contributed by atoms with E-state index < -0.39 is 5.60 Å². The van der Waals surface area contributed by atoms with Crippen LogP contribution in [0.1, 0.15) is 42.6 Å². The Kier molecular flexibility index (Phi) is 4.81. The fourth-order valence-electron chi connectivity index (χ4n) is 3.79. The molecule has 0 spiro atoms. The third-order valence-corrected chi connectivity index (χ3v) is 5.98. The predicted octanol–water partition coefficient (Wildman–Crippen LogP) is 4.55. The number of piperidine rings is 1. The lowest BCUT2D eigenvalue weighted by Gasteiger charge is -2.38. The normalized spacial score (nSPS) is 18.2. The molecule has 2 aromatic rings. The summed E-state index contributed by atoms with van der Waals surface area (Å²) in [5.41, 5.74) is 4.58. The fourth-order valence-corrected chi connectivity index (χ4v) is 3.92. The molecule has 1 fully saturated rings. The quantitative estimate of drug-likeness (QED) is 0.695. The summed E-state index contributed by atoms with van der Waals surface area (Å²) < 4.78 is 0. The van der Waals surface area contributed by atoms with E-state index in [1.807, 2.05) is 49.1 Å². The minimum Gasteiger partial charge on any atom is -0.385 e. The van der Waals surface area contributed by atoms with Crippen LogP contribution < -0.4 is 10.6 Å². The van der Waals surface area contributed by atoms with E-state index in [0.717, 1.165) is 28.3 Å². The molecule has 2 aliphatic rings. The molecule has 1 saturated heterocycles. The van der Waals surface area contributed by atoms with Crippen LogP contribution in [-0.2, 0) is 5.60 Å². The molecule has 2 aliphatic heterocycles. The Balaban J connectivity index is 1.46. The van der Waals surface area contributed by atoms with Crippen LogP contribution in [0.15, 0.2) is 53.9 Å². The van der Waals surface area contributed by atoms with Crippen molar-refractivity contribution in [3.05, 3.63) is 70.0 Å². The van der Waals surface area contributed by atoms with Crippen molar-refractivity contribution in [2.75, 3.05) is 23.7 Å². The first kappa shape index (κ1) is 18.8. The standard InChI is InChI=1S/C22H24ClN3O2/c1-14-15(2)25-20-13-16(3-8-19(20)24-14)21(27)26-11-9-22(28,10-12-26)17-4-6-18(23)7-5-17/h3-8,13,24-25,28H,9-12H2,1-2H3. The maximum Gasteiger partial charge on any atom is 0.253 e. The van der Waals surface area contributed by atoms with E-state index in [1.165, 1.54) is 0 Å². The second kappa shape index (κ2) is 7.15. The van der Waals surface area contributed by atoms with Crippen LogP contribution in [0.25, 0.3) is 0 Å². The summed E-state index contributed by atoms with van der Waals surface area (Å²) in [6.45, 7) is 5.04. The van der Waals surface area contributed by atoms with Gasteiger partial charge >= 0.3 is 0 Å². The van der Waals surface area contributed by atoms with Crippen molar-refractivity contribution in [1.82, 2.24) is 4.90 Å². The molecule has 3 N–H and O–H groups in total. The molecule has 0 bridgehead atoms. The van der Waals surface area contributed by atoms with Crippen LogP contribution in [0.5, 0.6) is 0 Å². The molecule has 0 unspecified atom stereocenters. The minimum absolute atomic E-state index is 0.00770. The van der Waals surface area contributed by atoms with E-state index in [2.05, 4.69) is 10.6 Å². The van der Waals surface area contributed by atoms with Gasteiger partial charge in [-0.05, 0) is 62.6 Å². The van der Waals surface area contributed by atoms with Gasteiger partial charge in [-0.1, -0.05) is 23.7 Å². The lowest BCUT2D eigenvalue weighted by Crippen LogP contribution is -2.45. The molecule has 0 aromatic heterocycles. The van der Waals surface area contributed by atoms with Gasteiger partial charge in [0.25, 0.3) is 5.91 Å². The van der Waals surface area contributed by atoms with Gasteiger partial charge in [-0.15, -0.1) is 0 Å². The van der Waals surface area contributed by atoms with Gasteiger partial charge in [-0.3, -0.25) is 4.79 Å². The van der Waals surface area contributed by atoms with Crippen molar-refractivity contribution >= 4 is 28.9 Å². The number of likely N-dealkylation sites (tertiary alicyclic amines) is 1. The van der Waals surface area contributed by atoms with Gasteiger partial charge in [0.2, 0.25) is 0 Å². The first-order valence-corrected chi connectivity index (χ1v) is 9.87. The summed E-state index contributed by atoms with van der Waals surface area (Å²) in [5, 5.41) is 18.3. The summed E-state index contributed by atoms with van der Waals surface area (Å²) in [4.78, 5) is 14.8. The second-order valence-corrected chi connectivity index (χ2v) is 8.03. The lowest BCUT2D eigenvalue weighted by molar-refractivity contribution is -0.0211. The number of rotatable bonds is 2. The average Bonchev–Trinajstić information content (AvgIpc) is 2.69. The first-order chi connectivity index (χ1) is 13.4. The number of fused-ring (bicyclic) bond motifs is 1. The number of carbonyl (C=O) groups is 1. The summed E-state index contributed by atoms with van der Waals surface area (Å²) in [6.07, 6.45) is 1.01. The number of hydrogen-bond acceptors (Lipinski definition) is 4. The van der Waals surface area contributed by atoms with Gasteiger partial charge < -0.3 is 20.6 Å². The molecule has 4 rings (SSSR count). The van der Waals surface area contributed by atoms with Crippen LogP contribution in [0.2, 0.25) is 5.02 Å². The molecular formula is C22H24ClN3O2. The van der Waals surface area contributed by atoms with E-state index in [4.69, 9.17) is 11.6 Å². The number of benzene rings is 2. The van der Waals surface area contributed by atoms with Crippen molar-refractivity contribution in [2.24, 2.45) is 0 Å². The molecule has 2 heterocycles. The number of allylic oxidation sites excluding steroid dienone is 2. The summed E-state index contributed by atoms with van der Waals surface area (Å²) in [7, 11) is 0. The number of anilines is 2. The van der Waals surface area contributed by atoms with Crippen molar-refractivity contribution in [1.29, 1.82) is 0 Å². The van der Waals surface area contributed by atoms with Crippen LogP contribution in [0.3, 0.4) is 0 Å². The van der Waals surface area contributed by atoms with Gasteiger partial charge in [0.05, 0.1) is 17.0 Å². The summed E-state index contributed by atoms with van der Waals surface area (Å²) >= 11 is 5.95. The molecule has 28 heavy (non-hydrogen) atoms. The predicted molar refractivity (Wildman–Crippen MR) is 113 cm³/mol. The van der Waals surface area contributed by atoms with Crippen molar-refractivity contribution in [2.45, 2.75) is 32.3 Å². The van der Waals surface area contributed by atoms with Crippen LogP contribution >= 0.6 is 11.6 Å². The zero-order valence-corrected chi connectivity index (χ0v) is 16.8. The second-order valence-electron chi connectivity index (χ2n) is 7.59. The largest absolute Gasteiger partial charge is 0.385 e. The highest BCUT2D eigenvalue weighted by Gasteiger charge is 2.35. The number of aliphatic hydroxyl groups is 1. The summed E-state index contributed by atoms with van der Waals surface area (Å²) in [5.74, 6) is -0.00770. The Labute approximate surface area is 170 Å². The Hall–Kier alpha value is -2.50. The molecule has 5 nitrogen and oxygen atoms in total. The highest BCUT2D eigenvalue weighted by Crippen LogP contribution is 2.35. The number of carbonyl (C=O) groups excluding carboxylic acids is 1. The monoisotopic (exact) mass is 397 g/mol. The maximum atomic E-state index is 13.0. The van der Waals surface area contributed by atoms with Gasteiger partial charge in [-0.25, -0.2) is 0 Å². The third-order valence-electron chi connectivity index (χ3n) is 5.73. The average molecular weight is 398 g/mol. The van der Waals surface area contributed by atoms with E-state index in [0.29, 0.717) is 36.5 Å². The number of amides is 1. The smallest absolute Gasteiger partial charge is 0.253 e. The molecule has 146 valence electrons. The van der Waals surface area contributed by atoms with Crippen LogP contribution in [0.4, 0.5) is 11.4 Å². The number of halogens is 1. The Morgan fingerprint density at radius 3 is 2.25 bits per heavy atom. The van der Waals surface area contributed by atoms with Gasteiger partial charge in [0, 0.05) is 35.1 Å². The lowest BCUT2D eigenvalue weighted by atomic mass is 9.84. The van der Waals surface area contributed by atoms with Crippen molar-refractivity contribution in [3.8, 4) is 0 Å². The highest BCUT2D eigenvalue weighted by atomic mass is 35.5. The number of nitrogens with zero attached hydrogens (tertiary/aromatic N) is 1. The summed E-state index contributed by atoms with van der Waals surface area (Å²) in [6, 6.07) is 13.0. The third kappa shape index (κ3) is 3.48. The molecular weight excluding hydrogens is 374 g/mol. The zero-order valence-electron chi connectivity index (χ0n) is 16.1. The van der Waals surface area contributed by atoms with Crippen molar-refractivity contribution in [3.63, 3.8) is 0 Å². The minimum atomic E-state index is -0.915. The maximum absolute atomic E-state index is 13.0. The van der Waals surface area contributed by atoms with E-state index in [-0.39, 0.29) is 5.91 Å². The molecule has 0 aliphatic carbocycles.